The summed E-state index contributed by atoms with van der Waals surface area (Å²) in [5.74, 6) is 1.31. The minimum Gasteiger partial charge on any atom is -0.481 e. The molecule has 1 heterocycles. The summed E-state index contributed by atoms with van der Waals surface area (Å²) in [6.45, 7) is 0.477. The molecule has 1 aliphatic carbocycles. The van der Waals surface area contributed by atoms with Crippen LogP contribution in [0, 0.1) is 5.41 Å². The molecule has 102 valence electrons. The first kappa shape index (κ1) is 13.5. The molecule has 0 spiro atoms. The summed E-state index contributed by atoms with van der Waals surface area (Å²) >= 11 is 1.85. The molecule has 2 fully saturated rings. The van der Waals surface area contributed by atoms with E-state index in [1.807, 2.05) is 11.8 Å². The molecule has 1 saturated carbocycles. The Balaban J connectivity index is 1.72. The Kier molecular flexibility index (Phi) is 4.37. The second-order valence-electron chi connectivity index (χ2n) is 5.31. The summed E-state index contributed by atoms with van der Waals surface area (Å²) in [7, 11) is 0. The molecule has 2 aliphatic rings. The van der Waals surface area contributed by atoms with Crippen molar-refractivity contribution in [1.29, 1.82) is 0 Å². The number of nitrogens with one attached hydrogen (secondary N) is 2. The summed E-state index contributed by atoms with van der Waals surface area (Å²) in [5.41, 5.74) is -0.201. The van der Waals surface area contributed by atoms with Crippen molar-refractivity contribution in [3.63, 3.8) is 0 Å². The van der Waals surface area contributed by atoms with Crippen LogP contribution in [-0.4, -0.2) is 41.2 Å². The fraction of sp³-hybridized carbons (Fsp3) is 0.833. The van der Waals surface area contributed by atoms with Gasteiger partial charge in [-0.3, -0.25) is 4.79 Å². The monoisotopic (exact) mass is 272 g/mol. The lowest BCUT2D eigenvalue weighted by molar-refractivity contribution is -0.141. The van der Waals surface area contributed by atoms with Crippen LogP contribution in [0.3, 0.4) is 0 Å². The minimum absolute atomic E-state index is 0.154. The summed E-state index contributed by atoms with van der Waals surface area (Å²) in [4.78, 5) is 22.5. The SMILES string of the molecule is O=C(O)CC1(CNC(=O)NC2CCSC2)CCC1. The topological polar surface area (TPSA) is 78.4 Å². The average molecular weight is 272 g/mol. The van der Waals surface area contributed by atoms with Gasteiger partial charge in [-0.2, -0.15) is 11.8 Å². The van der Waals surface area contributed by atoms with Crippen LogP contribution in [0.2, 0.25) is 0 Å². The number of carbonyl (C=O) groups is 2. The highest BCUT2D eigenvalue weighted by Crippen LogP contribution is 2.43. The molecule has 1 unspecified atom stereocenters. The minimum atomic E-state index is -0.774. The van der Waals surface area contributed by atoms with Crippen LogP contribution in [0.25, 0.3) is 0 Å². The van der Waals surface area contributed by atoms with E-state index in [1.165, 1.54) is 0 Å². The number of carbonyl (C=O) groups excluding carboxylic acids is 1. The van der Waals surface area contributed by atoms with Gasteiger partial charge in [0.1, 0.15) is 0 Å². The summed E-state index contributed by atoms with van der Waals surface area (Å²) in [6, 6.07) is 0.117. The molecule has 1 saturated heterocycles. The Hall–Kier alpha value is -0.910. The van der Waals surface area contributed by atoms with Gasteiger partial charge in [-0.1, -0.05) is 6.42 Å². The lowest BCUT2D eigenvalue weighted by atomic mass is 9.66. The third-order valence-electron chi connectivity index (χ3n) is 3.83. The van der Waals surface area contributed by atoms with Crippen LogP contribution >= 0.6 is 11.8 Å². The lowest BCUT2D eigenvalue weighted by Gasteiger charge is -2.40. The molecule has 0 radical (unpaired) electrons. The second-order valence-corrected chi connectivity index (χ2v) is 6.46. The van der Waals surface area contributed by atoms with Gasteiger partial charge < -0.3 is 15.7 Å². The molecule has 5 nitrogen and oxygen atoms in total. The maximum absolute atomic E-state index is 11.7. The largest absolute Gasteiger partial charge is 0.481 e. The standard InChI is InChI=1S/C12H20N2O3S/c15-10(16)6-12(3-1-4-12)8-13-11(17)14-9-2-5-18-7-9/h9H,1-8H2,(H,15,16)(H2,13,14,17). The third kappa shape index (κ3) is 3.54. The van der Waals surface area contributed by atoms with Crippen molar-refractivity contribution in [1.82, 2.24) is 10.6 Å². The zero-order valence-electron chi connectivity index (χ0n) is 10.4. The van der Waals surface area contributed by atoms with Crippen LogP contribution < -0.4 is 10.6 Å². The highest BCUT2D eigenvalue weighted by Gasteiger charge is 2.39. The highest BCUT2D eigenvalue weighted by atomic mass is 32.2. The molecule has 0 aromatic carbocycles. The molecule has 2 rings (SSSR count). The quantitative estimate of drug-likeness (QED) is 0.707. The molecular weight excluding hydrogens is 252 g/mol. The number of amides is 2. The predicted molar refractivity (Wildman–Crippen MR) is 70.8 cm³/mol. The van der Waals surface area contributed by atoms with Gasteiger partial charge in [0, 0.05) is 18.3 Å². The van der Waals surface area contributed by atoms with E-state index in [-0.39, 0.29) is 23.9 Å². The molecule has 0 bridgehead atoms. The number of carboxylic acid groups (broad SMARTS) is 1. The molecule has 3 N–H and O–H groups in total. The molecule has 2 amide bonds. The molecule has 18 heavy (non-hydrogen) atoms. The van der Waals surface area contributed by atoms with E-state index in [9.17, 15) is 9.59 Å². The Morgan fingerprint density at radius 2 is 2.17 bits per heavy atom. The van der Waals surface area contributed by atoms with Gasteiger partial charge in [0.25, 0.3) is 0 Å². The summed E-state index contributed by atoms with van der Waals surface area (Å²) in [6.07, 6.45) is 4.05. The maximum Gasteiger partial charge on any atom is 0.315 e. The van der Waals surface area contributed by atoms with E-state index in [0.29, 0.717) is 6.54 Å². The fourth-order valence-corrected chi connectivity index (χ4v) is 3.72. The first-order chi connectivity index (χ1) is 8.60. The highest BCUT2D eigenvalue weighted by molar-refractivity contribution is 7.99. The van der Waals surface area contributed by atoms with Crippen molar-refractivity contribution in [3.8, 4) is 0 Å². The Morgan fingerprint density at radius 1 is 1.39 bits per heavy atom. The number of rotatable bonds is 5. The zero-order chi connectivity index (χ0) is 13.0. The molecule has 1 atom stereocenters. The predicted octanol–water partition coefficient (Wildman–Crippen LogP) is 1.44. The lowest BCUT2D eigenvalue weighted by Crippen LogP contribution is -2.48. The van der Waals surface area contributed by atoms with Crippen molar-refractivity contribution >= 4 is 23.8 Å². The van der Waals surface area contributed by atoms with Gasteiger partial charge >= 0.3 is 12.0 Å². The Bertz CT molecular complexity index is 325. The van der Waals surface area contributed by atoms with Gasteiger partial charge in [-0.05, 0) is 30.4 Å². The van der Waals surface area contributed by atoms with Gasteiger partial charge in [0.05, 0.1) is 6.42 Å². The van der Waals surface area contributed by atoms with E-state index in [4.69, 9.17) is 5.11 Å². The van der Waals surface area contributed by atoms with Crippen molar-refractivity contribution in [2.45, 2.75) is 38.1 Å². The summed E-state index contributed by atoms with van der Waals surface area (Å²) < 4.78 is 0. The molecular formula is C12H20N2O3S. The summed E-state index contributed by atoms with van der Waals surface area (Å²) in [5, 5.41) is 14.6. The van der Waals surface area contributed by atoms with Gasteiger partial charge in [0.15, 0.2) is 0 Å². The Labute approximate surface area is 111 Å². The van der Waals surface area contributed by atoms with Gasteiger partial charge in [-0.25, -0.2) is 4.79 Å². The maximum atomic E-state index is 11.7. The van der Waals surface area contributed by atoms with Crippen molar-refractivity contribution in [2.24, 2.45) is 5.41 Å². The van der Waals surface area contributed by atoms with E-state index in [1.54, 1.807) is 0 Å². The van der Waals surface area contributed by atoms with E-state index in [2.05, 4.69) is 10.6 Å². The first-order valence-electron chi connectivity index (χ1n) is 6.44. The molecule has 6 heteroatoms. The van der Waals surface area contributed by atoms with Crippen molar-refractivity contribution in [2.75, 3.05) is 18.1 Å². The Morgan fingerprint density at radius 3 is 2.67 bits per heavy atom. The number of aliphatic carboxylic acids is 1. The van der Waals surface area contributed by atoms with Crippen molar-refractivity contribution in [3.05, 3.63) is 0 Å². The fourth-order valence-electron chi connectivity index (χ4n) is 2.57. The number of hydrogen-bond donors (Lipinski definition) is 3. The zero-order valence-corrected chi connectivity index (χ0v) is 11.2. The van der Waals surface area contributed by atoms with Crippen LogP contribution in [-0.2, 0) is 4.79 Å². The average Bonchev–Trinajstić information content (AvgIpc) is 2.74. The van der Waals surface area contributed by atoms with Crippen LogP contribution in [0.4, 0.5) is 4.79 Å². The second kappa shape index (κ2) is 5.82. The number of urea groups is 1. The number of hydrogen-bond acceptors (Lipinski definition) is 3. The van der Waals surface area contributed by atoms with Crippen molar-refractivity contribution < 1.29 is 14.7 Å². The number of thioether (sulfide) groups is 1. The molecule has 1 aliphatic heterocycles. The molecule has 0 aromatic rings. The third-order valence-corrected chi connectivity index (χ3v) is 4.99. The van der Waals surface area contributed by atoms with Gasteiger partial charge in [0.2, 0.25) is 0 Å². The number of carboxylic acids is 1. The van der Waals surface area contributed by atoms with E-state index < -0.39 is 5.97 Å². The first-order valence-corrected chi connectivity index (χ1v) is 7.59. The van der Waals surface area contributed by atoms with Crippen LogP contribution in [0.5, 0.6) is 0 Å². The molecule has 0 aromatic heterocycles. The van der Waals surface area contributed by atoms with E-state index in [0.717, 1.165) is 37.2 Å². The van der Waals surface area contributed by atoms with E-state index >= 15 is 0 Å². The smallest absolute Gasteiger partial charge is 0.315 e. The normalized spacial score (nSPS) is 25.2. The van der Waals surface area contributed by atoms with Crippen LogP contribution in [0.15, 0.2) is 0 Å². The van der Waals surface area contributed by atoms with Crippen LogP contribution in [0.1, 0.15) is 32.1 Å². The van der Waals surface area contributed by atoms with Gasteiger partial charge in [-0.15, -0.1) is 0 Å².